The lowest BCUT2D eigenvalue weighted by Crippen LogP contribution is -2.35. The van der Waals surface area contributed by atoms with Crippen LogP contribution in [0.4, 0.5) is 11.4 Å². The molecule has 0 radical (unpaired) electrons. The maximum Gasteiger partial charge on any atom is 0.238 e. The molecule has 1 rings (SSSR count). The van der Waals surface area contributed by atoms with Crippen molar-refractivity contribution in [2.45, 2.75) is 24.7 Å². The van der Waals surface area contributed by atoms with Gasteiger partial charge in [-0.05, 0) is 24.6 Å². The maximum atomic E-state index is 11.4. The summed E-state index contributed by atoms with van der Waals surface area (Å²) >= 11 is 0. The number of primary amides is 1. The maximum absolute atomic E-state index is 11.4. The predicted octanol–water partition coefficient (Wildman–Crippen LogP) is 0.00800. The molecule has 0 heterocycles. The van der Waals surface area contributed by atoms with Gasteiger partial charge >= 0.3 is 0 Å². The molecule has 20 heavy (non-hydrogen) atoms. The number of rotatable bonds is 7. The van der Waals surface area contributed by atoms with Gasteiger partial charge in [0.1, 0.15) is 0 Å². The van der Waals surface area contributed by atoms with E-state index in [2.05, 4.69) is 0 Å². The van der Waals surface area contributed by atoms with Crippen molar-refractivity contribution in [1.29, 1.82) is 0 Å². The lowest BCUT2D eigenvalue weighted by Gasteiger charge is -2.25. The van der Waals surface area contributed by atoms with E-state index in [1.165, 1.54) is 18.2 Å². The second-order valence-electron chi connectivity index (χ2n) is 4.51. The first kappa shape index (κ1) is 16.3. The van der Waals surface area contributed by atoms with Gasteiger partial charge in [0.2, 0.25) is 15.9 Å². The Balaban J connectivity index is 3.20. The molecular weight excluding hydrogens is 280 g/mol. The lowest BCUT2D eigenvalue weighted by atomic mass is 10.2. The standard InChI is InChI=1S/C12H20N4O3S/c1-2-3-6-16(8-12(14)17)11-7-9(20(15,18)19)4-5-10(11)13/h4-5,7H,2-3,6,8,13H2,1H3,(H2,14,17)(H2,15,18,19). The number of carbonyl (C=O) groups is 1. The second-order valence-corrected chi connectivity index (χ2v) is 6.07. The minimum atomic E-state index is -3.82. The predicted molar refractivity (Wildman–Crippen MR) is 78.5 cm³/mol. The topological polar surface area (TPSA) is 133 Å². The SMILES string of the molecule is CCCCN(CC(N)=O)c1cc(S(N)(=O)=O)ccc1N. The van der Waals surface area contributed by atoms with Crippen LogP contribution in [0.5, 0.6) is 0 Å². The summed E-state index contributed by atoms with van der Waals surface area (Å²) in [6, 6.07) is 4.15. The third-order valence-corrected chi connectivity index (χ3v) is 3.71. The molecule has 0 saturated heterocycles. The largest absolute Gasteiger partial charge is 0.397 e. The fourth-order valence-electron chi connectivity index (χ4n) is 1.80. The Hall–Kier alpha value is -1.80. The van der Waals surface area contributed by atoms with Crippen LogP contribution in [0.15, 0.2) is 23.1 Å². The second kappa shape index (κ2) is 6.58. The number of nitrogen functional groups attached to an aromatic ring is 1. The molecule has 0 aliphatic heterocycles. The summed E-state index contributed by atoms with van der Waals surface area (Å²) < 4.78 is 22.8. The molecule has 7 nitrogen and oxygen atoms in total. The van der Waals surface area contributed by atoms with Gasteiger partial charge in [-0.15, -0.1) is 0 Å². The highest BCUT2D eigenvalue weighted by molar-refractivity contribution is 7.89. The summed E-state index contributed by atoms with van der Waals surface area (Å²) in [5.74, 6) is -0.512. The average Bonchev–Trinajstić information content (AvgIpc) is 2.33. The first-order valence-corrected chi connectivity index (χ1v) is 7.76. The quantitative estimate of drug-likeness (QED) is 0.610. The van der Waals surface area contributed by atoms with Crippen molar-refractivity contribution < 1.29 is 13.2 Å². The molecule has 6 N–H and O–H groups in total. The van der Waals surface area contributed by atoms with Crippen LogP contribution in [-0.2, 0) is 14.8 Å². The number of nitrogens with zero attached hydrogens (tertiary/aromatic N) is 1. The van der Waals surface area contributed by atoms with Gasteiger partial charge in [-0.25, -0.2) is 13.6 Å². The third-order valence-electron chi connectivity index (χ3n) is 2.80. The summed E-state index contributed by atoms with van der Waals surface area (Å²) in [5, 5.41) is 5.10. The van der Waals surface area contributed by atoms with Crippen molar-refractivity contribution in [1.82, 2.24) is 0 Å². The minimum absolute atomic E-state index is 0.0295. The zero-order chi connectivity index (χ0) is 15.3. The summed E-state index contributed by atoms with van der Waals surface area (Å²) in [5.41, 5.74) is 11.9. The van der Waals surface area contributed by atoms with Crippen LogP contribution in [0.25, 0.3) is 0 Å². The Morgan fingerprint density at radius 3 is 2.50 bits per heavy atom. The van der Waals surface area contributed by atoms with Gasteiger partial charge in [-0.3, -0.25) is 4.79 Å². The van der Waals surface area contributed by atoms with Crippen molar-refractivity contribution in [2.75, 3.05) is 23.7 Å². The molecular formula is C12H20N4O3S. The number of primary sulfonamides is 1. The van der Waals surface area contributed by atoms with Crippen LogP contribution in [0.3, 0.4) is 0 Å². The summed E-state index contributed by atoms with van der Waals surface area (Å²) in [6.07, 6.45) is 1.75. The number of anilines is 2. The number of hydrogen-bond acceptors (Lipinski definition) is 5. The van der Waals surface area contributed by atoms with E-state index in [0.717, 1.165) is 12.8 Å². The van der Waals surface area contributed by atoms with E-state index >= 15 is 0 Å². The molecule has 1 aromatic carbocycles. The van der Waals surface area contributed by atoms with Gasteiger partial charge in [0.05, 0.1) is 22.8 Å². The van der Waals surface area contributed by atoms with E-state index in [1.807, 2.05) is 6.92 Å². The van der Waals surface area contributed by atoms with Crippen molar-refractivity contribution in [3.63, 3.8) is 0 Å². The number of unbranched alkanes of at least 4 members (excludes halogenated alkanes) is 1. The number of nitrogens with two attached hydrogens (primary N) is 3. The monoisotopic (exact) mass is 300 g/mol. The Morgan fingerprint density at radius 2 is 2.00 bits per heavy atom. The van der Waals surface area contributed by atoms with Gasteiger partial charge in [0.25, 0.3) is 0 Å². The molecule has 112 valence electrons. The fourth-order valence-corrected chi connectivity index (χ4v) is 2.33. The van der Waals surface area contributed by atoms with Gasteiger partial charge in [0.15, 0.2) is 0 Å². The zero-order valence-corrected chi connectivity index (χ0v) is 12.2. The van der Waals surface area contributed by atoms with E-state index in [9.17, 15) is 13.2 Å². The van der Waals surface area contributed by atoms with Gasteiger partial charge in [0, 0.05) is 6.54 Å². The van der Waals surface area contributed by atoms with Gasteiger partial charge < -0.3 is 16.4 Å². The average molecular weight is 300 g/mol. The smallest absolute Gasteiger partial charge is 0.238 e. The van der Waals surface area contributed by atoms with E-state index in [1.54, 1.807) is 4.90 Å². The van der Waals surface area contributed by atoms with Crippen LogP contribution in [0.2, 0.25) is 0 Å². The van der Waals surface area contributed by atoms with Crippen molar-refractivity contribution in [3.8, 4) is 0 Å². The number of sulfonamides is 1. The normalized spacial score (nSPS) is 11.3. The zero-order valence-electron chi connectivity index (χ0n) is 11.4. The molecule has 1 aromatic rings. The molecule has 0 atom stereocenters. The Morgan fingerprint density at radius 1 is 1.35 bits per heavy atom. The number of amides is 1. The summed E-state index contributed by atoms with van der Waals surface area (Å²) in [7, 11) is -3.82. The Kier molecular flexibility index (Phi) is 5.34. The van der Waals surface area contributed by atoms with E-state index < -0.39 is 15.9 Å². The number of benzene rings is 1. The number of hydrogen-bond donors (Lipinski definition) is 3. The van der Waals surface area contributed by atoms with Crippen LogP contribution in [0, 0.1) is 0 Å². The molecule has 0 aliphatic carbocycles. The lowest BCUT2D eigenvalue weighted by molar-refractivity contribution is -0.116. The van der Waals surface area contributed by atoms with Crippen molar-refractivity contribution >= 4 is 27.3 Å². The molecule has 0 fully saturated rings. The molecule has 8 heteroatoms. The third kappa shape index (κ3) is 4.39. The van der Waals surface area contributed by atoms with E-state index in [-0.39, 0.29) is 11.4 Å². The van der Waals surface area contributed by atoms with Crippen LogP contribution in [0.1, 0.15) is 19.8 Å². The van der Waals surface area contributed by atoms with Gasteiger partial charge in [-0.2, -0.15) is 0 Å². The first-order valence-electron chi connectivity index (χ1n) is 6.21. The first-order chi connectivity index (χ1) is 9.25. The Labute approximate surface area is 118 Å². The number of carbonyl (C=O) groups excluding carboxylic acids is 1. The molecule has 1 amide bonds. The minimum Gasteiger partial charge on any atom is -0.397 e. The van der Waals surface area contributed by atoms with Crippen LogP contribution < -0.4 is 21.5 Å². The van der Waals surface area contributed by atoms with E-state index in [0.29, 0.717) is 17.9 Å². The molecule has 0 aliphatic rings. The molecule has 0 spiro atoms. The van der Waals surface area contributed by atoms with Crippen molar-refractivity contribution in [2.24, 2.45) is 10.9 Å². The van der Waals surface area contributed by atoms with E-state index in [4.69, 9.17) is 16.6 Å². The highest BCUT2D eigenvalue weighted by Crippen LogP contribution is 2.26. The highest BCUT2D eigenvalue weighted by Gasteiger charge is 2.16. The van der Waals surface area contributed by atoms with Crippen LogP contribution in [-0.4, -0.2) is 27.4 Å². The molecule has 0 unspecified atom stereocenters. The molecule has 0 bridgehead atoms. The summed E-state index contributed by atoms with van der Waals surface area (Å²) in [6.45, 7) is 2.53. The molecule has 0 saturated carbocycles. The van der Waals surface area contributed by atoms with Crippen molar-refractivity contribution in [3.05, 3.63) is 18.2 Å². The Bertz CT molecular complexity index is 586. The van der Waals surface area contributed by atoms with Crippen LogP contribution >= 0.6 is 0 Å². The summed E-state index contributed by atoms with van der Waals surface area (Å²) in [4.78, 5) is 12.8. The highest BCUT2D eigenvalue weighted by atomic mass is 32.2. The fraction of sp³-hybridized carbons (Fsp3) is 0.417. The molecule has 0 aromatic heterocycles. The van der Waals surface area contributed by atoms with Gasteiger partial charge in [-0.1, -0.05) is 13.3 Å².